The lowest BCUT2D eigenvalue weighted by molar-refractivity contribution is -0.137. The van der Waals surface area contributed by atoms with Gasteiger partial charge in [-0.05, 0) is 25.0 Å². The molecule has 0 bridgehead atoms. The first-order valence-electron chi connectivity index (χ1n) is 5.59. The number of carbonyl (C=O) groups excluding carboxylic acids is 2. The van der Waals surface area contributed by atoms with Gasteiger partial charge in [-0.2, -0.15) is 13.2 Å². The topological polar surface area (TPSA) is 34.1 Å². The Labute approximate surface area is 103 Å². The van der Waals surface area contributed by atoms with Crippen molar-refractivity contribution in [1.29, 1.82) is 0 Å². The van der Waals surface area contributed by atoms with E-state index >= 15 is 0 Å². The Bertz CT molecular complexity index is 407. The Morgan fingerprint density at radius 2 is 1.72 bits per heavy atom. The molecule has 0 fully saturated rings. The third kappa shape index (κ3) is 4.31. The fraction of sp³-hybridized carbons (Fsp3) is 0.385. The largest absolute Gasteiger partial charge is 0.416 e. The van der Waals surface area contributed by atoms with Gasteiger partial charge in [-0.1, -0.05) is 12.1 Å². The highest BCUT2D eigenvalue weighted by atomic mass is 19.4. The van der Waals surface area contributed by atoms with Gasteiger partial charge in [0.1, 0.15) is 6.29 Å². The molecule has 5 heteroatoms. The van der Waals surface area contributed by atoms with Crippen LogP contribution in [0.3, 0.4) is 0 Å². The number of hydrogen-bond donors (Lipinski definition) is 0. The van der Waals surface area contributed by atoms with Crippen molar-refractivity contribution in [2.45, 2.75) is 31.9 Å². The lowest BCUT2D eigenvalue weighted by atomic mass is 10.0. The number of hydrogen-bond acceptors (Lipinski definition) is 2. The highest BCUT2D eigenvalue weighted by Gasteiger charge is 2.30. The highest BCUT2D eigenvalue weighted by molar-refractivity contribution is 5.96. The van der Waals surface area contributed by atoms with Crippen molar-refractivity contribution in [1.82, 2.24) is 0 Å². The summed E-state index contributed by atoms with van der Waals surface area (Å²) in [4.78, 5) is 21.7. The lowest BCUT2D eigenvalue weighted by Crippen LogP contribution is -2.06. The van der Waals surface area contributed by atoms with Gasteiger partial charge < -0.3 is 4.79 Å². The van der Waals surface area contributed by atoms with E-state index in [9.17, 15) is 22.8 Å². The van der Waals surface area contributed by atoms with Crippen molar-refractivity contribution >= 4 is 12.1 Å². The van der Waals surface area contributed by atoms with Gasteiger partial charge in [0, 0.05) is 18.4 Å². The van der Waals surface area contributed by atoms with E-state index < -0.39 is 11.7 Å². The monoisotopic (exact) mass is 258 g/mol. The predicted molar refractivity (Wildman–Crippen MR) is 60.3 cm³/mol. The molecule has 18 heavy (non-hydrogen) atoms. The Balaban J connectivity index is 2.57. The molecule has 0 N–H and O–H groups in total. The second-order valence-electron chi connectivity index (χ2n) is 3.91. The van der Waals surface area contributed by atoms with Gasteiger partial charge in [-0.15, -0.1) is 0 Å². The zero-order valence-electron chi connectivity index (χ0n) is 9.67. The van der Waals surface area contributed by atoms with Crippen LogP contribution in [0.5, 0.6) is 0 Å². The summed E-state index contributed by atoms with van der Waals surface area (Å²) in [5.41, 5.74) is -0.492. The third-order valence-corrected chi connectivity index (χ3v) is 2.51. The Hall–Kier alpha value is -1.65. The van der Waals surface area contributed by atoms with Crippen molar-refractivity contribution in [2.24, 2.45) is 0 Å². The zero-order valence-corrected chi connectivity index (χ0v) is 9.67. The van der Waals surface area contributed by atoms with Crippen LogP contribution < -0.4 is 0 Å². The summed E-state index contributed by atoms with van der Waals surface area (Å²) < 4.78 is 36.9. The van der Waals surface area contributed by atoms with Crippen LogP contribution in [0.15, 0.2) is 24.3 Å². The molecule has 2 nitrogen and oxygen atoms in total. The fourth-order valence-corrected chi connectivity index (χ4v) is 1.50. The Kier molecular flexibility index (Phi) is 5.07. The SMILES string of the molecule is O=CCCCCC(=O)c1ccc(C(F)(F)F)cc1. The van der Waals surface area contributed by atoms with Crippen LogP contribution in [0.2, 0.25) is 0 Å². The van der Waals surface area contributed by atoms with Gasteiger partial charge in [-0.25, -0.2) is 0 Å². The molecule has 98 valence electrons. The number of unbranched alkanes of at least 4 members (excludes halogenated alkanes) is 2. The molecule has 0 heterocycles. The van der Waals surface area contributed by atoms with E-state index in [-0.39, 0.29) is 17.8 Å². The van der Waals surface area contributed by atoms with Crippen LogP contribution in [0.1, 0.15) is 41.6 Å². The number of aldehydes is 1. The molecule has 1 rings (SSSR count). The average Bonchev–Trinajstić information content (AvgIpc) is 2.33. The molecule has 0 radical (unpaired) electrons. The van der Waals surface area contributed by atoms with Gasteiger partial charge in [0.2, 0.25) is 0 Å². The maximum Gasteiger partial charge on any atom is 0.416 e. The number of rotatable bonds is 6. The van der Waals surface area contributed by atoms with Gasteiger partial charge >= 0.3 is 6.18 Å². The van der Waals surface area contributed by atoms with Crippen LogP contribution in [-0.2, 0) is 11.0 Å². The molecule has 0 spiro atoms. The molecule has 0 saturated carbocycles. The standard InChI is InChI=1S/C13H13F3O2/c14-13(15,16)11-7-5-10(6-8-11)12(18)4-2-1-3-9-17/h5-9H,1-4H2. The molecule has 0 atom stereocenters. The van der Waals surface area contributed by atoms with Crippen LogP contribution in [0.4, 0.5) is 13.2 Å². The van der Waals surface area contributed by atoms with Crippen molar-refractivity contribution in [3.05, 3.63) is 35.4 Å². The van der Waals surface area contributed by atoms with E-state index in [2.05, 4.69) is 0 Å². The molecule has 1 aromatic carbocycles. The first kappa shape index (κ1) is 14.4. The predicted octanol–water partition coefficient (Wildman–Crippen LogP) is 3.65. The number of alkyl halides is 3. The van der Waals surface area contributed by atoms with Crippen molar-refractivity contribution in [3.63, 3.8) is 0 Å². The number of Topliss-reactive ketones (excluding diaryl/α,β-unsaturated/α-hetero) is 1. The van der Waals surface area contributed by atoms with Crippen LogP contribution in [-0.4, -0.2) is 12.1 Å². The number of benzene rings is 1. The summed E-state index contributed by atoms with van der Waals surface area (Å²) >= 11 is 0. The van der Waals surface area contributed by atoms with Gasteiger partial charge in [0.05, 0.1) is 5.56 Å². The maximum atomic E-state index is 12.3. The number of halogens is 3. The van der Waals surface area contributed by atoms with Crippen LogP contribution >= 0.6 is 0 Å². The summed E-state index contributed by atoms with van der Waals surface area (Å²) in [5.74, 6) is -0.199. The van der Waals surface area contributed by atoms with Gasteiger partial charge in [0.15, 0.2) is 5.78 Å². The van der Waals surface area contributed by atoms with E-state index in [1.807, 2.05) is 0 Å². The zero-order chi connectivity index (χ0) is 13.6. The first-order valence-corrected chi connectivity index (χ1v) is 5.59. The fourth-order valence-electron chi connectivity index (χ4n) is 1.50. The van der Waals surface area contributed by atoms with E-state index in [0.29, 0.717) is 19.3 Å². The highest BCUT2D eigenvalue weighted by Crippen LogP contribution is 2.29. The molecular weight excluding hydrogens is 245 g/mol. The van der Waals surface area contributed by atoms with E-state index in [0.717, 1.165) is 18.4 Å². The van der Waals surface area contributed by atoms with Gasteiger partial charge in [0.25, 0.3) is 0 Å². The van der Waals surface area contributed by atoms with Crippen molar-refractivity contribution < 1.29 is 22.8 Å². The van der Waals surface area contributed by atoms with E-state index in [4.69, 9.17) is 0 Å². The number of carbonyl (C=O) groups is 2. The Morgan fingerprint density at radius 1 is 1.11 bits per heavy atom. The lowest BCUT2D eigenvalue weighted by Gasteiger charge is -2.07. The molecule has 0 aliphatic rings. The molecule has 0 saturated heterocycles. The van der Waals surface area contributed by atoms with Crippen molar-refractivity contribution in [2.75, 3.05) is 0 Å². The van der Waals surface area contributed by atoms with E-state index in [1.54, 1.807) is 0 Å². The molecule has 0 aromatic heterocycles. The first-order chi connectivity index (χ1) is 8.45. The molecule has 0 aliphatic heterocycles. The smallest absolute Gasteiger partial charge is 0.303 e. The van der Waals surface area contributed by atoms with Crippen molar-refractivity contribution in [3.8, 4) is 0 Å². The average molecular weight is 258 g/mol. The van der Waals surface area contributed by atoms with Crippen LogP contribution in [0.25, 0.3) is 0 Å². The summed E-state index contributed by atoms with van der Waals surface area (Å²) in [5, 5.41) is 0. The third-order valence-electron chi connectivity index (χ3n) is 2.51. The Morgan fingerprint density at radius 3 is 2.22 bits per heavy atom. The second-order valence-corrected chi connectivity index (χ2v) is 3.91. The van der Waals surface area contributed by atoms with Crippen LogP contribution in [0, 0.1) is 0 Å². The number of ketones is 1. The summed E-state index contributed by atoms with van der Waals surface area (Å²) in [6, 6.07) is 4.17. The minimum atomic E-state index is -4.38. The second kappa shape index (κ2) is 6.33. The summed E-state index contributed by atoms with van der Waals surface area (Å²) in [6.45, 7) is 0. The minimum Gasteiger partial charge on any atom is -0.303 e. The maximum absolute atomic E-state index is 12.3. The summed E-state index contributed by atoms with van der Waals surface area (Å²) in [7, 11) is 0. The molecule has 0 amide bonds. The minimum absolute atomic E-state index is 0.199. The molecule has 1 aromatic rings. The summed E-state index contributed by atoms with van der Waals surface area (Å²) in [6.07, 6.45) is -1.76. The molecular formula is C13H13F3O2. The normalized spacial score (nSPS) is 11.3. The molecule has 0 aliphatic carbocycles. The quantitative estimate of drug-likeness (QED) is 0.443. The molecule has 0 unspecified atom stereocenters. The van der Waals surface area contributed by atoms with E-state index in [1.165, 1.54) is 12.1 Å². The van der Waals surface area contributed by atoms with Gasteiger partial charge in [-0.3, -0.25) is 4.79 Å².